The summed E-state index contributed by atoms with van der Waals surface area (Å²) in [5.41, 5.74) is -3.61. The Kier molecular flexibility index (Phi) is 3.66. The van der Waals surface area contributed by atoms with E-state index in [2.05, 4.69) is 15.9 Å². The molecule has 1 N–H and O–H groups in total. The Morgan fingerprint density at radius 3 is 1.53 bits per heavy atom. The van der Waals surface area contributed by atoms with Crippen molar-refractivity contribution < 1.29 is 31.4 Å². The van der Waals surface area contributed by atoms with E-state index in [4.69, 9.17) is 5.11 Å². The highest BCUT2D eigenvalue weighted by molar-refractivity contribution is 9.08. The van der Waals surface area contributed by atoms with Crippen LogP contribution in [0.25, 0.3) is 0 Å². The van der Waals surface area contributed by atoms with Gasteiger partial charge in [0.05, 0.1) is 11.1 Å². The summed E-state index contributed by atoms with van der Waals surface area (Å²) in [4.78, 5) is 0. The van der Waals surface area contributed by atoms with Crippen LogP contribution in [0.1, 0.15) is 16.7 Å². The molecule has 1 rings (SSSR count). The molecule has 0 saturated heterocycles. The normalized spacial score (nSPS) is 12.9. The third-order valence-electron chi connectivity index (χ3n) is 1.93. The van der Waals surface area contributed by atoms with Crippen molar-refractivity contribution in [1.29, 1.82) is 0 Å². The Hall–Kier alpha value is -0.920. The van der Waals surface area contributed by atoms with Crippen LogP contribution < -0.4 is 0 Å². The van der Waals surface area contributed by atoms with Crippen molar-refractivity contribution >= 4 is 15.9 Å². The maximum absolute atomic E-state index is 12.4. The van der Waals surface area contributed by atoms with E-state index in [1.807, 2.05) is 0 Å². The van der Waals surface area contributed by atoms with Crippen LogP contribution in [0.5, 0.6) is 5.75 Å². The number of benzene rings is 1. The average Bonchev–Trinajstić information content (AvgIpc) is 2.14. The molecule has 0 aliphatic heterocycles. The number of alkyl halides is 7. The van der Waals surface area contributed by atoms with Crippen LogP contribution in [0.4, 0.5) is 26.3 Å². The molecule has 0 amide bonds. The van der Waals surface area contributed by atoms with Gasteiger partial charge in [-0.1, -0.05) is 15.9 Å². The lowest BCUT2D eigenvalue weighted by atomic mass is 10.0. The number of hydrogen-bond donors (Lipinski definition) is 1. The highest BCUT2D eigenvalue weighted by atomic mass is 79.9. The maximum atomic E-state index is 12.4. The van der Waals surface area contributed by atoms with E-state index in [9.17, 15) is 26.3 Å². The quantitative estimate of drug-likeness (QED) is 0.603. The van der Waals surface area contributed by atoms with Crippen LogP contribution in [-0.4, -0.2) is 5.11 Å². The molecule has 1 nitrogen and oxygen atoms in total. The van der Waals surface area contributed by atoms with Gasteiger partial charge in [0, 0.05) is 5.33 Å². The fourth-order valence-electron chi connectivity index (χ4n) is 1.20. The second-order valence-corrected chi connectivity index (χ2v) is 3.73. The van der Waals surface area contributed by atoms with E-state index in [0.717, 1.165) is 0 Å². The first kappa shape index (κ1) is 14.1. The van der Waals surface area contributed by atoms with Gasteiger partial charge in [-0.05, 0) is 17.7 Å². The third kappa shape index (κ3) is 3.05. The van der Waals surface area contributed by atoms with Gasteiger partial charge >= 0.3 is 12.4 Å². The summed E-state index contributed by atoms with van der Waals surface area (Å²) in [6.07, 6.45) is -10.1. The Morgan fingerprint density at radius 2 is 1.29 bits per heavy atom. The molecule has 17 heavy (non-hydrogen) atoms. The number of hydrogen-bond acceptors (Lipinski definition) is 1. The molecule has 0 unspecified atom stereocenters. The van der Waals surface area contributed by atoms with E-state index in [1.54, 1.807) is 0 Å². The molecule has 0 fully saturated rings. The largest absolute Gasteiger partial charge is 0.507 e. The molecule has 0 spiro atoms. The number of phenols is 1. The fourth-order valence-corrected chi connectivity index (χ4v) is 1.53. The van der Waals surface area contributed by atoms with Crippen LogP contribution in [0.2, 0.25) is 0 Å². The smallest absolute Gasteiger partial charge is 0.419 e. The molecule has 0 radical (unpaired) electrons. The van der Waals surface area contributed by atoms with E-state index < -0.39 is 29.2 Å². The van der Waals surface area contributed by atoms with Crippen molar-refractivity contribution in [2.75, 3.05) is 0 Å². The standard InChI is InChI=1S/C9H5BrF6O/c10-3-4-1-5(8(11,12)13)7(17)6(2-4)9(14,15)16/h1-2,17H,3H2. The average molecular weight is 323 g/mol. The minimum atomic E-state index is -5.04. The zero-order valence-corrected chi connectivity index (χ0v) is 9.54. The fraction of sp³-hybridized carbons (Fsp3) is 0.333. The molecule has 8 heteroatoms. The molecule has 1 aromatic carbocycles. The predicted molar refractivity (Wildman–Crippen MR) is 50.7 cm³/mol. The zero-order chi connectivity index (χ0) is 13.4. The van der Waals surface area contributed by atoms with Gasteiger partial charge in [0.25, 0.3) is 0 Å². The van der Waals surface area contributed by atoms with Crippen LogP contribution in [0, 0.1) is 0 Å². The molecule has 0 atom stereocenters. The van der Waals surface area contributed by atoms with E-state index >= 15 is 0 Å². The number of rotatable bonds is 1. The second-order valence-electron chi connectivity index (χ2n) is 3.17. The Morgan fingerprint density at radius 1 is 0.941 bits per heavy atom. The molecule has 0 aromatic heterocycles. The minimum Gasteiger partial charge on any atom is -0.507 e. The number of aromatic hydroxyl groups is 1. The summed E-state index contributed by atoms with van der Waals surface area (Å²) >= 11 is 2.77. The first-order valence-corrected chi connectivity index (χ1v) is 5.25. The van der Waals surface area contributed by atoms with Gasteiger partial charge in [-0.25, -0.2) is 0 Å². The lowest BCUT2D eigenvalue weighted by Crippen LogP contribution is -2.12. The predicted octanol–water partition coefficient (Wildman–Crippen LogP) is 4.32. The van der Waals surface area contributed by atoms with Crippen molar-refractivity contribution in [3.8, 4) is 5.75 Å². The van der Waals surface area contributed by atoms with Crippen molar-refractivity contribution in [3.05, 3.63) is 28.8 Å². The first-order chi connectivity index (χ1) is 7.57. The molecular weight excluding hydrogens is 318 g/mol. The van der Waals surface area contributed by atoms with Gasteiger partial charge in [-0.2, -0.15) is 26.3 Å². The Balaban J connectivity index is 3.53. The number of phenolic OH excluding ortho intramolecular Hbond substituents is 1. The minimum absolute atomic E-state index is 0.181. The van der Waals surface area contributed by atoms with Gasteiger partial charge < -0.3 is 5.11 Å². The molecule has 0 bridgehead atoms. The van der Waals surface area contributed by atoms with Gasteiger partial charge in [-0.3, -0.25) is 0 Å². The second kappa shape index (κ2) is 4.40. The van der Waals surface area contributed by atoms with Gasteiger partial charge in [-0.15, -0.1) is 0 Å². The van der Waals surface area contributed by atoms with Crippen molar-refractivity contribution in [1.82, 2.24) is 0 Å². The van der Waals surface area contributed by atoms with Gasteiger partial charge in [0.2, 0.25) is 0 Å². The lowest BCUT2D eigenvalue weighted by molar-refractivity contribution is -0.145. The SMILES string of the molecule is Oc1c(C(F)(F)F)cc(CBr)cc1C(F)(F)F. The lowest BCUT2D eigenvalue weighted by Gasteiger charge is -2.16. The van der Waals surface area contributed by atoms with E-state index in [0.29, 0.717) is 12.1 Å². The van der Waals surface area contributed by atoms with E-state index in [1.165, 1.54) is 0 Å². The molecule has 96 valence electrons. The molecule has 0 saturated carbocycles. The van der Waals surface area contributed by atoms with Crippen molar-refractivity contribution in [2.45, 2.75) is 17.7 Å². The third-order valence-corrected chi connectivity index (χ3v) is 2.58. The van der Waals surface area contributed by atoms with Gasteiger partial charge in [0.15, 0.2) is 0 Å². The highest BCUT2D eigenvalue weighted by Crippen LogP contribution is 2.44. The molecular formula is C9H5BrF6O. The van der Waals surface area contributed by atoms with Crippen LogP contribution in [0.15, 0.2) is 12.1 Å². The van der Waals surface area contributed by atoms with Gasteiger partial charge in [0.1, 0.15) is 5.75 Å². The van der Waals surface area contributed by atoms with Crippen LogP contribution in [0.3, 0.4) is 0 Å². The highest BCUT2D eigenvalue weighted by Gasteiger charge is 2.41. The van der Waals surface area contributed by atoms with Crippen molar-refractivity contribution in [2.24, 2.45) is 0 Å². The zero-order valence-electron chi connectivity index (χ0n) is 7.95. The van der Waals surface area contributed by atoms with Crippen LogP contribution in [-0.2, 0) is 17.7 Å². The Bertz CT molecular complexity index is 387. The summed E-state index contributed by atoms with van der Waals surface area (Å²) < 4.78 is 74.3. The molecule has 0 aliphatic rings. The summed E-state index contributed by atoms with van der Waals surface area (Å²) in [5, 5.41) is 8.84. The molecule has 0 heterocycles. The van der Waals surface area contributed by atoms with Crippen molar-refractivity contribution in [3.63, 3.8) is 0 Å². The molecule has 1 aromatic rings. The number of halogens is 7. The summed E-state index contributed by atoms with van der Waals surface area (Å²) in [5.74, 6) is -1.80. The summed E-state index contributed by atoms with van der Waals surface area (Å²) in [7, 11) is 0. The van der Waals surface area contributed by atoms with Crippen LogP contribution >= 0.6 is 15.9 Å². The van der Waals surface area contributed by atoms with E-state index in [-0.39, 0.29) is 10.9 Å². The monoisotopic (exact) mass is 322 g/mol. The molecule has 0 aliphatic carbocycles. The maximum Gasteiger partial charge on any atom is 0.419 e. The summed E-state index contributed by atoms with van der Waals surface area (Å²) in [6, 6.07) is 0.943. The first-order valence-electron chi connectivity index (χ1n) is 4.13. The topological polar surface area (TPSA) is 20.2 Å². The summed E-state index contributed by atoms with van der Waals surface area (Å²) in [6.45, 7) is 0. The Labute approximate surface area is 100 Å².